The summed E-state index contributed by atoms with van der Waals surface area (Å²) < 4.78 is 0. The minimum atomic E-state index is -0.205. The summed E-state index contributed by atoms with van der Waals surface area (Å²) in [4.78, 5) is 11.2. The van der Waals surface area contributed by atoms with E-state index in [1.54, 1.807) is 0 Å². The smallest absolute Gasteiger partial charge is 0.221 e. The van der Waals surface area contributed by atoms with Crippen LogP contribution in [0.3, 0.4) is 0 Å². The van der Waals surface area contributed by atoms with Crippen molar-refractivity contribution in [3.8, 4) is 0 Å². The zero-order chi connectivity index (χ0) is 10.6. The van der Waals surface area contributed by atoms with Crippen molar-refractivity contribution in [1.29, 1.82) is 0 Å². The molecule has 1 aromatic carbocycles. The normalized spacial score (nSPS) is 14.7. The lowest BCUT2D eigenvalue weighted by molar-refractivity contribution is -0.122. The van der Waals surface area contributed by atoms with Gasteiger partial charge in [0.15, 0.2) is 0 Å². The van der Waals surface area contributed by atoms with Crippen molar-refractivity contribution in [3.63, 3.8) is 0 Å². The Hall–Kier alpha value is -1.31. The zero-order valence-corrected chi connectivity index (χ0v) is 8.73. The minimum Gasteiger partial charge on any atom is -0.369 e. The number of primary amides is 1. The molecule has 0 saturated carbocycles. The lowest BCUT2D eigenvalue weighted by atomic mass is 9.85. The number of amides is 1. The number of rotatable bonds is 4. The molecule has 0 unspecified atom stereocenters. The van der Waals surface area contributed by atoms with E-state index in [1.165, 1.54) is 5.56 Å². The predicted octanol–water partition coefficient (Wildman–Crippen LogP) is 2.30. The van der Waals surface area contributed by atoms with Crippen LogP contribution in [0, 0.1) is 5.92 Å². The second-order valence-corrected chi connectivity index (χ2v) is 3.62. The van der Waals surface area contributed by atoms with Crippen molar-refractivity contribution < 1.29 is 4.79 Å². The Balaban J connectivity index is 2.83. The van der Waals surface area contributed by atoms with E-state index in [0.717, 1.165) is 6.42 Å². The highest BCUT2D eigenvalue weighted by Crippen LogP contribution is 2.25. The van der Waals surface area contributed by atoms with Crippen LogP contribution < -0.4 is 5.73 Å². The maximum Gasteiger partial charge on any atom is 0.221 e. The Morgan fingerprint density at radius 3 is 2.36 bits per heavy atom. The van der Waals surface area contributed by atoms with Gasteiger partial charge in [-0.15, -0.1) is 0 Å². The van der Waals surface area contributed by atoms with Gasteiger partial charge in [-0.2, -0.15) is 0 Å². The third kappa shape index (κ3) is 2.34. The highest BCUT2D eigenvalue weighted by atomic mass is 16.1. The number of hydrogen-bond acceptors (Lipinski definition) is 1. The van der Waals surface area contributed by atoms with Crippen LogP contribution in [0.1, 0.15) is 31.7 Å². The van der Waals surface area contributed by atoms with Crippen molar-refractivity contribution in [2.75, 3.05) is 0 Å². The monoisotopic (exact) mass is 191 g/mol. The number of nitrogens with two attached hydrogens (primary N) is 1. The molecule has 0 saturated heterocycles. The van der Waals surface area contributed by atoms with E-state index in [0.29, 0.717) is 0 Å². The maximum atomic E-state index is 11.2. The van der Waals surface area contributed by atoms with E-state index in [-0.39, 0.29) is 17.7 Å². The van der Waals surface area contributed by atoms with Crippen LogP contribution in [0.2, 0.25) is 0 Å². The van der Waals surface area contributed by atoms with E-state index >= 15 is 0 Å². The van der Waals surface area contributed by atoms with Crippen molar-refractivity contribution in [1.82, 2.24) is 0 Å². The molecule has 1 amide bonds. The Labute approximate surface area is 85.1 Å². The summed E-state index contributed by atoms with van der Waals surface area (Å²) >= 11 is 0. The van der Waals surface area contributed by atoms with Gasteiger partial charge in [0.25, 0.3) is 0 Å². The molecule has 2 atom stereocenters. The number of carbonyl (C=O) groups excluding carboxylic acids is 1. The number of hydrogen-bond donors (Lipinski definition) is 1. The van der Waals surface area contributed by atoms with Gasteiger partial charge in [-0.25, -0.2) is 0 Å². The van der Waals surface area contributed by atoms with Gasteiger partial charge in [0.2, 0.25) is 5.91 Å². The molecule has 0 spiro atoms. The van der Waals surface area contributed by atoms with E-state index in [4.69, 9.17) is 5.73 Å². The standard InChI is InChI=1S/C12H17NO/c1-3-11(12(13)14)9(2)10-7-5-4-6-8-10/h4-9,11H,3H2,1-2H3,(H2,13,14)/t9-,11-/m0/s1. The molecule has 14 heavy (non-hydrogen) atoms. The average molecular weight is 191 g/mol. The summed E-state index contributed by atoms with van der Waals surface area (Å²) in [5.41, 5.74) is 6.53. The van der Waals surface area contributed by atoms with Crippen molar-refractivity contribution in [2.45, 2.75) is 26.2 Å². The number of benzene rings is 1. The summed E-state index contributed by atoms with van der Waals surface area (Å²) in [5, 5.41) is 0. The fraction of sp³-hybridized carbons (Fsp3) is 0.417. The highest BCUT2D eigenvalue weighted by Gasteiger charge is 2.21. The van der Waals surface area contributed by atoms with Crippen LogP contribution in [-0.2, 0) is 4.79 Å². The van der Waals surface area contributed by atoms with Crippen LogP contribution in [0.15, 0.2) is 30.3 Å². The first-order valence-electron chi connectivity index (χ1n) is 5.01. The van der Waals surface area contributed by atoms with Gasteiger partial charge in [0, 0.05) is 5.92 Å². The van der Waals surface area contributed by atoms with Gasteiger partial charge < -0.3 is 5.73 Å². The first-order chi connectivity index (χ1) is 6.66. The first-order valence-corrected chi connectivity index (χ1v) is 5.01. The second-order valence-electron chi connectivity index (χ2n) is 3.62. The van der Waals surface area contributed by atoms with Crippen LogP contribution in [0.4, 0.5) is 0 Å². The molecule has 1 aromatic rings. The minimum absolute atomic E-state index is 0.0580. The Morgan fingerprint density at radius 1 is 1.36 bits per heavy atom. The second kappa shape index (κ2) is 4.80. The lowest BCUT2D eigenvalue weighted by Crippen LogP contribution is -2.27. The van der Waals surface area contributed by atoms with Crippen LogP contribution in [0.25, 0.3) is 0 Å². The van der Waals surface area contributed by atoms with Crippen LogP contribution >= 0.6 is 0 Å². The van der Waals surface area contributed by atoms with Crippen molar-refractivity contribution >= 4 is 5.91 Å². The molecule has 76 valence electrons. The molecule has 0 radical (unpaired) electrons. The zero-order valence-electron chi connectivity index (χ0n) is 8.73. The first kappa shape index (κ1) is 10.8. The summed E-state index contributed by atoms with van der Waals surface area (Å²) in [6, 6.07) is 10.0. The van der Waals surface area contributed by atoms with Gasteiger partial charge in [-0.3, -0.25) is 4.79 Å². The predicted molar refractivity (Wildman–Crippen MR) is 57.8 cm³/mol. The molecule has 0 fully saturated rings. The third-order valence-corrected chi connectivity index (χ3v) is 2.73. The fourth-order valence-corrected chi connectivity index (χ4v) is 1.79. The Kier molecular flexibility index (Phi) is 3.69. The van der Waals surface area contributed by atoms with Gasteiger partial charge in [0.1, 0.15) is 0 Å². The molecular formula is C12H17NO. The topological polar surface area (TPSA) is 43.1 Å². The number of carbonyl (C=O) groups is 1. The largest absolute Gasteiger partial charge is 0.369 e. The maximum absolute atomic E-state index is 11.2. The fourth-order valence-electron chi connectivity index (χ4n) is 1.79. The summed E-state index contributed by atoms with van der Waals surface area (Å²) in [7, 11) is 0. The van der Waals surface area contributed by atoms with Gasteiger partial charge in [-0.1, -0.05) is 44.2 Å². The quantitative estimate of drug-likeness (QED) is 0.779. The molecule has 0 aliphatic heterocycles. The summed E-state index contributed by atoms with van der Waals surface area (Å²) in [6.45, 7) is 4.04. The molecule has 0 aliphatic rings. The molecule has 0 heterocycles. The van der Waals surface area contributed by atoms with Crippen LogP contribution in [0.5, 0.6) is 0 Å². The van der Waals surface area contributed by atoms with E-state index in [1.807, 2.05) is 44.2 Å². The molecule has 0 aromatic heterocycles. The average Bonchev–Trinajstić information content (AvgIpc) is 2.19. The molecule has 2 N–H and O–H groups in total. The molecule has 2 nitrogen and oxygen atoms in total. The summed E-state index contributed by atoms with van der Waals surface area (Å²) in [5.74, 6) is -0.0556. The third-order valence-electron chi connectivity index (χ3n) is 2.73. The SMILES string of the molecule is CC[C@H](C(N)=O)[C@@H](C)c1ccccc1. The molecule has 1 rings (SSSR count). The Bertz CT molecular complexity index is 294. The van der Waals surface area contributed by atoms with Crippen molar-refractivity contribution in [2.24, 2.45) is 11.7 Å². The van der Waals surface area contributed by atoms with Gasteiger partial charge in [0.05, 0.1) is 0 Å². The molecule has 0 bridgehead atoms. The molecule has 2 heteroatoms. The van der Waals surface area contributed by atoms with E-state index in [9.17, 15) is 4.79 Å². The molecular weight excluding hydrogens is 174 g/mol. The summed E-state index contributed by atoms with van der Waals surface area (Å²) in [6.07, 6.45) is 0.797. The van der Waals surface area contributed by atoms with Gasteiger partial charge >= 0.3 is 0 Å². The van der Waals surface area contributed by atoms with E-state index < -0.39 is 0 Å². The van der Waals surface area contributed by atoms with Crippen molar-refractivity contribution in [3.05, 3.63) is 35.9 Å². The van der Waals surface area contributed by atoms with E-state index in [2.05, 4.69) is 0 Å². The Morgan fingerprint density at radius 2 is 1.93 bits per heavy atom. The van der Waals surface area contributed by atoms with Gasteiger partial charge in [-0.05, 0) is 17.9 Å². The van der Waals surface area contributed by atoms with Crippen LogP contribution in [-0.4, -0.2) is 5.91 Å². The molecule has 0 aliphatic carbocycles. The highest BCUT2D eigenvalue weighted by molar-refractivity contribution is 5.77. The lowest BCUT2D eigenvalue weighted by Gasteiger charge is -2.19.